The second-order valence-corrected chi connectivity index (χ2v) is 5.86. The number of rotatable bonds is 7. The van der Waals surface area contributed by atoms with E-state index in [2.05, 4.69) is 20.4 Å². The molecule has 2 heterocycles. The highest BCUT2D eigenvalue weighted by Crippen LogP contribution is 2.22. The quantitative estimate of drug-likeness (QED) is 0.260. The molecule has 0 unspecified atom stereocenters. The van der Waals surface area contributed by atoms with Crippen LogP contribution >= 0.6 is 0 Å². The van der Waals surface area contributed by atoms with Gasteiger partial charge in [-0.25, -0.2) is 9.37 Å². The molecular weight excluding hydrogens is 335 g/mol. The molecule has 26 heavy (non-hydrogen) atoms. The smallest absolute Gasteiger partial charge is 0.142 e. The molecule has 0 saturated heterocycles. The maximum atomic E-state index is 13.3. The Labute approximate surface area is 150 Å². The van der Waals surface area contributed by atoms with Gasteiger partial charge in [0.2, 0.25) is 0 Å². The summed E-state index contributed by atoms with van der Waals surface area (Å²) < 4.78 is 13.3. The monoisotopic (exact) mass is 354 g/mol. The highest BCUT2D eigenvalue weighted by Gasteiger charge is 2.04. The van der Waals surface area contributed by atoms with Crippen LogP contribution in [0.2, 0.25) is 0 Å². The Morgan fingerprint density at radius 1 is 1.15 bits per heavy atom. The van der Waals surface area contributed by atoms with E-state index in [1.807, 2.05) is 6.07 Å². The first-order valence-electron chi connectivity index (χ1n) is 8.32. The Morgan fingerprint density at radius 2 is 2.04 bits per heavy atom. The Bertz CT molecular complexity index is 931. The molecule has 0 fully saturated rings. The predicted octanol–water partition coefficient (Wildman–Crippen LogP) is 3.72. The summed E-state index contributed by atoms with van der Waals surface area (Å²) >= 11 is 0. The molecule has 0 amide bonds. The molecule has 3 N–H and O–H groups in total. The lowest BCUT2D eigenvalue weighted by Gasteiger charge is -2.09. The average molecular weight is 354 g/mol. The van der Waals surface area contributed by atoms with E-state index in [0.29, 0.717) is 5.52 Å². The van der Waals surface area contributed by atoms with Crippen molar-refractivity contribution in [3.05, 3.63) is 59.8 Å². The lowest BCUT2D eigenvalue weighted by molar-refractivity contribution is 0.321. The molecule has 0 atom stereocenters. The van der Waals surface area contributed by atoms with E-state index in [9.17, 15) is 9.50 Å². The summed E-state index contributed by atoms with van der Waals surface area (Å²) in [5.74, 6) is -0.316. The van der Waals surface area contributed by atoms with Crippen molar-refractivity contribution in [1.29, 1.82) is 0 Å². The lowest BCUT2D eigenvalue weighted by atomic mass is 10.1. The molecule has 0 radical (unpaired) electrons. The highest BCUT2D eigenvalue weighted by atomic mass is 19.1. The zero-order valence-corrected chi connectivity index (χ0v) is 14.1. The number of nitrogens with one attached hydrogen (secondary N) is 1. The van der Waals surface area contributed by atoms with Crippen LogP contribution in [-0.4, -0.2) is 33.0 Å². The molecule has 0 saturated carbocycles. The largest absolute Gasteiger partial charge is 0.506 e. The van der Waals surface area contributed by atoms with Crippen LogP contribution in [0.1, 0.15) is 24.2 Å². The van der Waals surface area contributed by atoms with E-state index in [1.165, 1.54) is 12.1 Å². The third-order valence-electron chi connectivity index (χ3n) is 4.02. The molecule has 0 aliphatic carbocycles. The number of hydrogen-bond donors (Lipinski definition) is 3. The first-order valence-corrected chi connectivity index (χ1v) is 8.32. The topological polar surface area (TPSA) is 90.6 Å². The fourth-order valence-electron chi connectivity index (χ4n) is 2.73. The van der Waals surface area contributed by atoms with E-state index < -0.39 is 0 Å². The number of aromatic nitrogens is 2. The fraction of sp³-hybridized carbons (Fsp3) is 0.211. The van der Waals surface area contributed by atoms with Crippen LogP contribution in [0.5, 0.6) is 5.75 Å². The average Bonchev–Trinajstić information content (AvgIpc) is 2.64. The predicted molar refractivity (Wildman–Crippen MR) is 98.4 cm³/mol. The van der Waals surface area contributed by atoms with Crippen molar-refractivity contribution in [2.24, 2.45) is 5.16 Å². The van der Waals surface area contributed by atoms with Gasteiger partial charge >= 0.3 is 0 Å². The van der Waals surface area contributed by atoms with Gasteiger partial charge in [0.25, 0.3) is 0 Å². The number of unbranched alkanes of at least 4 members (excludes halogenated alkanes) is 1. The van der Waals surface area contributed by atoms with E-state index >= 15 is 0 Å². The standard InChI is InChI=1S/C19H19FN4O2/c20-13-4-6-15-16(8-10-22-17(15)11-13)21-9-2-1-3-14-5-7-19(25)18(24-14)12-23-26/h4-8,10-12,25-26H,1-3,9H2,(H,21,22). The third kappa shape index (κ3) is 4.24. The summed E-state index contributed by atoms with van der Waals surface area (Å²) in [6, 6.07) is 9.75. The molecular formula is C19H19FN4O2. The molecule has 6 nitrogen and oxygen atoms in total. The second-order valence-electron chi connectivity index (χ2n) is 5.86. The van der Waals surface area contributed by atoms with Gasteiger partial charge in [0, 0.05) is 35.6 Å². The maximum Gasteiger partial charge on any atom is 0.142 e. The Hall–Kier alpha value is -3.22. The number of fused-ring (bicyclic) bond motifs is 1. The molecule has 134 valence electrons. The second kappa shape index (κ2) is 8.24. The minimum atomic E-state index is -0.297. The first kappa shape index (κ1) is 17.6. The molecule has 7 heteroatoms. The van der Waals surface area contributed by atoms with Gasteiger partial charge in [-0.1, -0.05) is 5.16 Å². The molecule has 0 bridgehead atoms. The van der Waals surface area contributed by atoms with Gasteiger partial charge in [-0.3, -0.25) is 4.98 Å². The number of anilines is 1. The zero-order chi connectivity index (χ0) is 18.4. The van der Waals surface area contributed by atoms with Gasteiger partial charge in [0.1, 0.15) is 17.3 Å². The minimum absolute atomic E-state index is 0.0192. The number of nitrogens with zero attached hydrogens (tertiary/aromatic N) is 3. The van der Waals surface area contributed by atoms with Crippen LogP contribution in [0.4, 0.5) is 10.1 Å². The molecule has 2 aromatic heterocycles. The highest BCUT2D eigenvalue weighted by molar-refractivity contribution is 5.90. The van der Waals surface area contributed by atoms with Gasteiger partial charge in [-0.15, -0.1) is 0 Å². The van der Waals surface area contributed by atoms with E-state index in [4.69, 9.17) is 5.21 Å². The van der Waals surface area contributed by atoms with Gasteiger partial charge in [0.05, 0.1) is 11.7 Å². The van der Waals surface area contributed by atoms with Crippen LogP contribution in [0.25, 0.3) is 10.9 Å². The normalized spacial score (nSPS) is 11.3. The van der Waals surface area contributed by atoms with Crippen LogP contribution in [0.3, 0.4) is 0 Å². The van der Waals surface area contributed by atoms with Gasteiger partial charge < -0.3 is 15.6 Å². The minimum Gasteiger partial charge on any atom is -0.506 e. The number of oxime groups is 1. The number of aromatic hydroxyl groups is 1. The van der Waals surface area contributed by atoms with Crippen LogP contribution in [0, 0.1) is 5.82 Å². The lowest BCUT2D eigenvalue weighted by Crippen LogP contribution is -2.04. The number of halogens is 1. The zero-order valence-electron chi connectivity index (χ0n) is 14.1. The molecule has 0 aliphatic heterocycles. The van der Waals surface area contributed by atoms with Gasteiger partial charge in [-0.2, -0.15) is 0 Å². The summed E-state index contributed by atoms with van der Waals surface area (Å²) in [5, 5.41) is 25.3. The van der Waals surface area contributed by atoms with Gasteiger partial charge in [-0.05, 0) is 49.6 Å². The first-order chi connectivity index (χ1) is 12.7. The van der Waals surface area contributed by atoms with Crippen molar-refractivity contribution in [3.8, 4) is 5.75 Å². The molecule has 0 aliphatic rings. The van der Waals surface area contributed by atoms with Crippen molar-refractivity contribution in [3.63, 3.8) is 0 Å². The third-order valence-corrected chi connectivity index (χ3v) is 4.02. The summed E-state index contributed by atoms with van der Waals surface area (Å²) in [5.41, 5.74) is 2.63. The number of pyridine rings is 2. The fourth-order valence-corrected chi connectivity index (χ4v) is 2.73. The molecule has 3 aromatic rings. The molecule has 1 aromatic carbocycles. The Kier molecular flexibility index (Phi) is 5.58. The van der Waals surface area contributed by atoms with Gasteiger partial charge in [0.15, 0.2) is 0 Å². The van der Waals surface area contributed by atoms with Crippen LogP contribution in [0.15, 0.2) is 47.8 Å². The summed E-state index contributed by atoms with van der Waals surface area (Å²) in [4.78, 5) is 8.42. The molecule has 0 spiro atoms. The summed E-state index contributed by atoms with van der Waals surface area (Å²) in [6.45, 7) is 0.763. The summed E-state index contributed by atoms with van der Waals surface area (Å²) in [6.07, 6.45) is 5.33. The molecule has 3 rings (SSSR count). The summed E-state index contributed by atoms with van der Waals surface area (Å²) in [7, 11) is 0. The van der Waals surface area contributed by atoms with Crippen molar-refractivity contribution >= 4 is 22.8 Å². The number of aryl methyl sites for hydroxylation is 1. The van der Waals surface area contributed by atoms with Crippen molar-refractivity contribution in [2.75, 3.05) is 11.9 Å². The van der Waals surface area contributed by atoms with Crippen molar-refractivity contribution in [1.82, 2.24) is 9.97 Å². The number of benzene rings is 1. The maximum absolute atomic E-state index is 13.3. The Morgan fingerprint density at radius 3 is 2.88 bits per heavy atom. The van der Waals surface area contributed by atoms with Crippen LogP contribution in [-0.2, 0) is 6.42 Å². The van der Waals surface area contributed by atoms with E-state index in [0.717, 1.165) is 48.8 Å². The van der Waals surface area contributed by atoms with Crippen molar-refractivity contribution in [2.45, 2.75) is 19.3 Å². The van der Waals surface area contributed by atoms with Crippen LogP contribution < -0.4 is 5.32 Å². The van der Waals surface area contributed by atoms with E-state index in [1.54, 1.807) is 24.4 Å². The SMILES string of the molecule is ON=Cc1nc(CCCCNc2ccnc3cc(F)ccc23)ccc1O. The Balaban J connectivity index is 1.53. The van der Waals surface area contributed by atoms with E-state index in [-0.39, 0.29) is 17.3 Å². The number of hydrogen-bond acceptors (Lipinski definition) is 6. The van der Waals surface area contributed by atoms with Crippen molar-refractivity contribution < 1.29 is 14.7 Å².